The molecule has 0 amide bonds. The van der Waals surface area contributed by atoms with Gasteiger partial charge < -0.3 is 25.5 Å². The van der Waals surface area contributed by atoms with Crippen molar-refractivity contribution in [1.82, 2.24) is 0 Å². The van der Waals surface area contributed by atoms with Gasteiger partial charge in [-0.2, -0.15) is 0 Å². The molecule has 0 aliphatic carbocycles. The third-order valence-electron chi connectivity index (χ3n) is 1.67. The number of carbonyl (C=O) groups is 3. The van der Waals surface area contributed by atoms with Crippen LogP contribution in [0, 0.1) is 0 Å². The number of aromatic carboxylic acids is 3. The van der Waals surface area contributed by atoms with E-state index in [4.69, 9.17) is 25.5 Å². The van der Waals surface area contributed by atoms with Crippen LogP contribution >= 0.6 is 0 Å². The Labute approximate surface area is 108 Å². The molecular formula is C11H14O8. The van der Waals surface area contributed by atoms with E-state index in [0.717, 1.165) is 32.4 Å². The molecule has 0 fully saturated rings. The number of benzene rings is 1. The maximum absolute atomic E-state index is 10.6. The number of aliphatic hydroxyl groups is 2. The molecule has 0 spiro atoms. The topological polar surface area (TPSA) is 152 Å². The zero-order chi connectivity index (χ0) is 15.6. The maximum Gasteiger partial charge on any atom is 0.335 e. The molecular weight excluding hydrogens is 260 g/mol. The molecule has 0 aliphatic rings. The van der Waals surface area contributed by atoms with Crippen LogP contribution in [0.25, 0.3) is 0 Å². The lowest BCUT2D eigenvalue weighted by Gasteiger charge is -2.00. The minimum absolute atomic E-state index is 0.368. The summed E-state index contributed by atoms with van der Waals surface area (Å²) in [4.78, 5) is 31.7. The molecule has 1 rings (SSSR count). The first-order valence-corrected chi connectivity index (χ1v) is 4.66. The van der Waals surface area contributed by atoms with Crippen LogP contribution in [0.15, 0.2) is 18.2 Å². The van der Waals surface area contributed by atoms with E-state index in [1.54, 1.807) is 0 Å². The van der Waals surface area contributed by atoms with E-state index in [9.17, 15) is 14.4 Å². The standard InChI is InChI=1S/C9H6O6.2CH4O/c10-7(11)4-1-5(8(12)13)3-6(2-4)9(14)15;2*1-2/h1-3H,(H,10,11)(H,12,13)(H,14,15);2*2H,1H3. The third-order valence-corrected chi connectivity index (χ3v) is 1.67. The fourth-order valence-electron chi connectivity index (χ4n) is 0.998. The van der Waals surface area contributed by atoms with Crippen molar-refractivity contribution in [3.63, 3.8) is 0 Å². The number of carboxylic acids is 3. The summed E-state index contributed by atoms with van der Waals surface area (Å²) in [6.07, 6.45) is 0. The summed E-state index contributed by atoms with van der Waals surface area (Å²) >= 11 is 0. The lowest BCUT2D eigenvalue weighted by molar-refractivity contribution is 0.0696. The second-order valence-corrected chi connectivity index (χ2v) is 2.71. The smallest absolute Gasteiger partial charge is 0.335 e. The molecule has 0 bridgehead atoms. The molecule has 0 saturated heterocycles. The van der Waals surface area contributed by atoms with E-state index >= 15 is 0 Å². The molecule has 0 aromatic heterocycles. The summed E-state index contributed by atoms with van der Waals surface area (Å²) < 4.78 is 0. The molecule has 0 radical (unpaired) electrons. The third kappa shape index (κ3) is 6.15. The molecule has 106 valence electrons. The summed E-state index contributed by atoms with van der Waals surface area (Å²) in [6, 6.07) is 2.70. The van der Waals surface area contributed by atoms with Gasteiger partial charge in [-0.15, -0.1) is 0 Å². The van der Waals surface area contributed by atoms with Crippen molar-refractivity contribution in [2.75, 3.05) is 14.2 Å². The van der Waals surface area contributed by atoms with Crippen molar-refractivity contribution in [1.29, 1.82) is 0 Å². The van der Waals surface area contributed by atoms with Crippen LogP contribution in [0.3, 0.4) is 0 Å². The van der Waals surface area contributed by atoms with E-state index in [1.807, 2.05) is 0 Å². The van der Waals surface area contributed by atoms with Gasteiger partial charge in [0, 0.05) is 14.2 Å². The summed E-state index contributed by atoms with van der Waals surface area (Å²) in [6.45, 7) is 0. The van der Waals surface area contributed by atoms with Crippen LogP contribution in [-0.4, -0.2) is 57.7 Å². The van der Waals surface area contributed by atoms with Crippen LogP contribution in [0.4, 0.5) is 0 Å². The van der Waals surface area contributed by atoms with Gasteiger partial charge in [-0.3, -0.25) is 0 Å². The highest BCUT2D eigenvalue weighted by Crippen LogP contribution is 2.11. The van der Waals surface area contributed by atoms with Crippen molar-refractivity contribution < 1.29 is 39.9 Å². The molecule has 0 unspecified atom stereocenters. The Morgan fingerprint density at radius 3 is 0.895 bits per heavy atom. The predicted molar refractivity (Wildman–Crippen MR) is 63.6 cm³/mol. The largest absolute Gasteiger partial charge is 0.478 e. The average Bonchev–Trinajstić information content (AvgIpc) is 2.42. The second kappa shape index (κ2) is 9.57. The van der Waals surface area contributed by atoms with Crippen molar-refractivity contribution in [3.8, 4) is 0 Å². The first kappa shape index (κ1) is 18.9. The zero-order valence-electron chi connectivity index (χ0n) is 10.2. The molecule has 0 atom stereocenters. The Bertz CT molecular complexity index is 373. The number of hydrogen-bond acceptors (Lipinski definition) is 5. The highest BCUT2D eigenvalue weighted by Gasteiger charge is 2.14. The van der Waals surface area contributed by atoms with Gasteiger partial charge >= 0.3 is 17.9 Å². The Hall–Kier alpha value is -2.45. The van der Waals surface area contributed by atoms with Crippen LogP contribution in [0.5, 0.6) is 0 Å². The molecule has 8 heteroatoms. The fourth-order valence-corrected chi connectivity index (χ4v) is 0.998. The normalized spacial score (nSPS) is 8.21. The SMILES string of the molecule is CO.CO.O=C(O)c1cc(C(=O)O)cc(C(=O)O)c1. The number of aliphatic hydroxyl groups excluding tert-OH is 2. The molecule has 0 saturated carbocycles. The number of hydrogen-bond donors (Lipinski definition) is 5. The van der Waals surface area contributed by atoms with E-state index < -0.39 is 17.9 Å². The van der Waals surface area contributed by atoms with Gasteiger partial charge in [-0.25, -0.2) is 14.4 Å². The second-order valence-electron chi connectivity index (χ2n) is 2.71. The Kier molecular flexibility index (Phi) is 9.52. The van der Waals surface area contributed by atoms with Gasteiger partial charge in [0.2, 0.25) is 0 Å². The summed E-state index contributed by atoms with van der Waals surface area (Å²) in [5.41, 5.74) is -1.10. The Morgan fingerprint density at radius 1 is 0.632 bits per heavy atom. The maximum atomic E-state index is 10.6. The highest BCUT2D eigenvalue weighted by molar-refractivity contribution is 5.98. The molecule has 8 nitrogen and oxygen atoms in total. The van der Waals surface area contributed by atoms with Crippen LogP contribution in [-0.2, 0) is 0 Å². The zero-order valence-corrected chi connectivity index (χ0v) is 10.2. The van der Waals surface area contributed by atoms with Gasteiger partial charge in [-0.1, -0.05) is 0 Å². The fraction of sp³-hybridized carbons (Fsp3) is 0.182. The monoisotopic (exact) mass is 274 g/mol. The molecule has 1 aromatic carbocycles. The van der Waals surface area contributed by atoms with Gasteiger partial charge in [-0.05, 0) is 18.2 Å². The first-order valence-electron chi connectivity index (χ1n) is 4.66. The van der Waals surface area contributed by atoms with Crippen LogP contribution in [0.2, 0.25) is 0 Å². The van der Waals surface area contributed by atoms with E-state index in [2.05, 4.69) is 0 Å². The van der Waals surface area contributed by atoms with Gasteiger partial charge in [0.05, 0.1) is 16.7 Å². The minimum Gasteiger partial charge on any atom is -0.478 e. The first-order chi connectivity index (χ1) is 8.91. The van der Waals surface area contributed by atoms with Crippen molar-refractivity contribution >= 4 is 17.9 Å². The minimum atomic E-state index is -1.37. The summed E-state index contributed by atoms with van der Waals surface area (Å²) in [5.74, 6) is -4.12. The average molecular weight is 274 g/mol. The summed E-state index contributed by atoms with van der Waals surface area (Å²) in [5, 5.41) is 39.8. The van der Waals surface area contributed by atoms with Crippen LogP contribution < -0.4 is 0 Å². The van der Waals surface area contributed by atoms with Crippen molar-refractivity contribution in [2.24, 2.45) is 0 Å². The number of carboxylic acid groups (broad SMARTS) is 3. The molecule has 0 heterocycles. The summed E-state index contributed by atoms with van der Waals surface area (Å²) in [7, 11) is 2.00. The van der Waals surface area contributed by atoms with Crippen molar-refractivity contribution in [2.45, 2.75) is 0 Å². The van der Waals surface area contributed by atoms with Gasteiger partial charge in [0.1, 0.15) is 0 Å². The van der Waals surface area contributed by atoms with Gasteiger partial charge in [0.15, 0.2) is 0 Å². The lowest BCUT2D eigenvalue weighted by Crippen LogP contribution is -2.07. The van der Waals surface area contributed by atoms with Crippen LogP contribution in [0.1, 0.15) is 31.1 Å². The molecule has 5 N–H and O–H groups in total. The van der Waals surface area contributed by atoms with Gasteiger partial charge in [0.25, 0.3) is 0 Å². The lowest BCUT2D eigenvalue weighted by atomic mass is 10.1. The van der Waals surface area contributed by atoms with Crippen molar-refractivity contribution in [3.05, 3.63) is 34.9 Å². The van der Waals surface area contributed by atoms with E-state index in [-0.39, 0.29) is 16.7 Å². The Morgan fingerprint density at radius 2 is 0.789 bits per heavy atom. The highest BCUT2D eigenvalue weighted by atomic mass is 16.4. The Balaban J connectivity index is 0. The quantitative estimate of drug-likeness (QED) is 0.516. The number of rotatable bonds is 3. The predicted octanol–water partition coefficient (Wildman–Crippen LogP) is -0.00180. The molecule has 1 aromatic rings. The van der Waals surface area contributed by atoms with E-state index in [0.29, 0.717) is 0 Å². The molecule has 0 aliphatic heterocycles. The van der Waals surface area contributed by atoms with E-state index in [1.165, 1.54) is 0 Å². The molecule has 19 heavy (non-hydrogen) atoms.